The van der Waals surface area contributed by atoms with E-state index in [2.05, 4.69) is 35.8 Å². The predicted molar refractivity (Wildman–Crippen MR) is 82.4 cm³/mol. The van der Waals surface area contributed by atoms with Crippen LogP contribution in [0.5, 0.6) is 0 Å². The highest BCUT2D eigenvalue weighted by Crippen LogP contribution is 2.24. The smallest absolute Gasteiger partial charge is 0.0220 e. The summed E-state index contributed by atoms with van der Waals surface area (Å²) in [6.45, 7) is 9.88. The molecule has 0 radical (unpaired) electrons. The van der Waals surface area contributed by atoms with Gasteiger partial charge >= 0.3 is 0 Å². The number of nitrogens with zero attached hydrogens (tertiary/aromatic N) is 1. The molecule has 2 atom stereocenters. The maximum Gasteiger partial charge on any atom is 0.0220 e. The topological polar surface area (TPSA) is 15.3 Å². The van der Waals surface area contributed by atoms with Gasteiger partial charge in [0.1, 0.15) is 0 Å². The molecule has 0 aliphatic carbocycles. The van der Waals surface area contributed by atoms with Crippen molar-refractivity contribution in [2.75, 3.05) is 37.7 Å². The summed E-state index contributed by atoms with van der Waals surface area (Å²) in [4.78, 5) is 2.75. The number of rotatable bonds is 4. The Labute approximate surface area is 117 Å². The molecule has 106 valence electrons. The summed E-state index contributed by atoms with van der Waals surface area (Å²) < 4.78 is 0. The second-order valence-electron chi connectivity index (χ2n) is 6.12. The maximum absolute atomic E-state index is 3.75. The number of thioether (sulfide) groups is 1. The third-order valence-corrected chi connectivity index (χ3v) is 5.75. The van der Waals surface area contributed by atoms with Crippen LogP contribution in [0.15, 0.2) is 0 Å². The third kappa shape index (κ3) is 4.43. The second-order valence-corrected chi connectivity index (χ2v) is 7.34. The molecule has 2 aliphatic rings. The van der Waals surface area contributed by atoms with E-state index in [9.17, 15) is 0 Å². The first-order valence-corrected chi connectivity index (χ1v) is 8.98. The fraction of sp³-hybridized carbons (Fsp3) is 1.00. The first kappa shape index (κ1) is 14.7. The van der Waals surface area contributed by atoms with E-state index in [0.717, 1.165) is 17.9 Å². The van der Waals surface area contributed by atoms with E-state index in [1.54, 1.807) is 0 Å². The van der Waals surface area contributed by atoms with Gasteiger partial charge in [0.25, 0.3) is 0 Å². The van der Waals surface area contributed by atoms with Crippen LogP contribution in [0.4, 0.5) is 0 Å². The molecule has 3 heteroatoms. The van der Waals surface area contributed by atoms with Gasteiger partial charge in [0, 0.05) is 19.1 Å². The van der Waals surface area contributed by atoms with E-state index in [0.29, 0.717) is 0 Å². The van der Waals surface area contributed by atoms with Gasteiger partial charge in [0.15, 0.2) is 0 Å². The maximum atomic E-state index is 3.75. The molecular formula is C15H30N2S. The summed E-state index contributed by atoms with van der Waals surface area (Å²) >= 11 is 2.14. The normalized spacial score (nSPS) is 30.0. The average molecular weight is 270 g/mol. The number of nitrogens with one attached hydrogen (secondary N) is 1. The van der Waals surface area contributed by atoms with E-state index >= 15 is 0 Å². The lowest BCUT2D eigenvalue weighted by molar-refractivity contribution is 0.201. The minimum atomic E-state index is 0.718. The molecule has 0 amide bonds. The molecule has 0 aromatic heterocycles. The molecule has 18 heavy (non-hydrogen) atoms. The van der Waals surface area contributed by atoms with Crippen molar-refractivity contribution in [1.82, 2.24) is 10.2 Å². The number of hydrogen-bond acceptors (Lipinski definition) is 3. The molecule has 0 saturated carbocycles. The Morgan fingerprint density at radius 1 is 1.33 bits per heavy atom. The van der Waals surface area contributed by atoms with Crippen LogP contribution < -0.4 is 5.32 Å². The van der Waals surface area contributed by atoms with Crippen LogP contribution in [0.3, 0.4) is 0 Å². The highest BCUT2D eigenvalue weighted by atomic mass is 32.2. The molecule has 2 heterocycles. The van der Waals surface area contributed by atoms with Gasteiger partial charge in [-0.2, -0.15) is 11.8 Å². The molecule has 2 saturated heterocycles. The SMILES string of the molecule is CCC(C)C1CN(CC2CCSCC2)CCCN1. The summed E-state index contributed by atoms with van der Waals surface area (Å²) in [5, 5.41) is 3.75. The van der Waals surface area contributed by atoms with Crippen molar-refractivity contribution in [3.63, 3.8) is 0 Å². The fourth-order valence-corrected chi connectivity index (χ4v) is 4.35. The van der Waals surface area contributed by atoms with Crippen molar-refractivity contribution in [2.45, 2.75) is 45.6 Å². The molecule has 0 aromatic rings. The highest BCUT2D eigenvalue weighted by molar-refractivity contribution is 7.99. The van der Waals surface area contributed by atoms with Crippen molar-refractivity contribution in [3.05, 3.63) is 0 Å². The van der Waals surface area contributed by atoms with Gasteiger partial charge in [-0.15, -0.1) is 0 Å². The van der Waals surface area contributed by atoms with Gasteiger partial charge in [-0.1, -0.05) is 20.3 Å². The summed E-state index contributed by atoms with van der Waals surface area (Å²) in [5.74, 6) is 4.58. The Kier molecular flexibility index (Phi) is 6.33. The minimum Gasteiger partial charge on any atom is -0.312 e. The fourth-order valence-electron chi connectivity index (χ4n) is 3.15. The lowest BCUT2D eigenvalue weighted by Crippen LogP contribution is -2.43. The molecule has 1 N–H and O–H groups in total. The van der Waals surface area contributed by atoms with E-state index in [1.807, 2.05) is 0 Å². The Bertz CT molecular complexity index is 229. The molecule has 2 rings (SSSR count). The molecule has 0 spiro atoms. The lowest BCUT2D eigenvalue weighted by atomic mass is 9.97. The largest absolute Gasteiger partial charge is 0.312 e. The standard InChI is InChI=1S/C15H30N2S/c1-3-13(2)15-12-17(8-4-7-16-15)11-14-5-9-18-10-6-14/h13-16H,3-12H2,1-2H3. The quantitative estimate of drug-likeness (QED) is 0.846. The van der Waals surface area contributed by atoms with Crippen molar-refractivity contribution >= 4 is 11.8 Å². The van der Waals surface area contributed by atoms with Crippen LogP contribution in [0.2, 0.25) is 0 Å². The summed E-state index contributed by atoms with van der Waals surface area (Å²) in [7, 11) is 0. The average Bonchev–Trinajstić information content (AvgIpc) is 2.65. The van der Waals surface area contributed by atoms with Crippen LogP contribution in [0.1, 0.15) is 39.5 Å². The summed E-state index contributed by atoms with van der Waals surface area (Å²) in [5.41, 5.74) is 0. The minimum absolute atomic E-state index is 0.718. The second kappa shape index (κ2) is 7.76. The van der Waals surface area contributed by atoms with Crippen LogP contribution >= 0.6 is 11.8 Å². The van der Waals surface area contributed by atoms with Gasteiger partial charge in [0.2, 0.25) is 0 Å². The van der Waals surface area contributed by atoms with E-state index in [4.69, 9.17) is 0 Å². The van der Waals surface area contributed by atoms with E-state index in [1.165, 1.54) is 63.4 Å². The molecule has 2 fully saturated rings. The molecule has 2 unspecified atom stereocenters. The first-order chi connectivity index (χ1) is 8.79. The van der Waals surface area contributed by atoms with Gasteiger partial charge < -0.3 is 10.2 Å². The Balaban J connectivity index is 1.82. The van der Waals surface area contributed by atoms with Crippen LogP contribution in [0, 0.1) is 11.8 Å². The highest BCUT2D eigenvalue weighted by Gasteiger charge is 2.24. The Hall–Kier alpha value is 0.270. The van der Waals surface area contributed by atoms with Crippen molar-refractivity contribution in [2.24, 2.45) is 11.8 Å². The lowest BCUT2D eigenvalue weighted by Gasteiger charge is -2.32. The molecular weight excluding hydrogens is 240 g/mol. The zero-order valence-corrected chi connectivity index (χ0v) is 13.0. The van der Waals surface area contributed by atoms with Gasteiger partial charge in [0.05, 0.1) is 0 Å². The van der Waals surface area contributed by atoms with E-state index < -0.39 is 0 Å². The first-order valence-electron chi connectivity index (χ1n) is 7.83. The zero-order chi connectivity index (χ0) is 12.8. The van der Waals surface area contributed by atoms with Crippen LogP contribution in [-0.4, -0.2) is 48.6 Å². The molecule has 2 aliphatic heterocycles. The van der Waals surface area contributed by atoms with Crippen molar-refractivity contribution in [1.29, 1.82) is 0 Å². The molecule has 2 nitrogen and oxygen atoms in total. The van der Waals surface area contributed by atoms with Gasteiger partial charge in [-0.25, -0.2) is 0 Å². The number of hydrogen-bond donors (Lipinski definition) is 1. The Morgan fingerprint density at radius 3 is 2.83 bits per heavy atom. The summed E-state index contributed by atoms with van der Waals surface area (Å²) in [6, 6.07) is 0.718. The van der Waals surface area contributed by atoms with E-state index in [-0.39, 0.29) is 0 Å². The molecule has 0 aromatic carbocycles. The van der Waals surface area contributed by atoms with Crippen molar-refractivity contribution in [3.8, 4) is 0 Å². The third-order valence-electron chi connectivity index (χ3n) is 4.70. The van der Waals surface area contributed by atoms with Crippen molar-refractivity contribution < 1.29 is 0 Å². The zero-order valence-electron chi connectivity index (χ0n) is 12.2. The van der Waals surface area contributed by atoms with Crippen LogP contribution in [0.25, 0.3) is 0 Å². The summed E-state index contributed by atoms with van der Waals surface area (Å²) in [6.07, 6.45) is 5.52. The predicted octanol–water partition coefficient (Wildman–Crippen LogP) is 2.84. The van der Waals surface area contributed by atoms with Gasteiger partial charge in [-0.05, 0) is 55.7 Å². The Morgan fingerprint density at radius 2 is 2.11 bits per heavy atom. The monoisotopic (exact) mass is 270 g/mol. The molecule has 0 bridgehead atoms. The van der Waals surface area contributed by atoms with Gasteiger partial charge in [-0.3, -0.25) is 0 Å². The van der Waals surface area contributed by atoms with Crippen LogP contribution in [-0.2, 0) is 0 Å².